The Kier molecular flexibility index (Phi) is 5.12. The smallest absolute Gasteiger partial charge is 0.125 e. The van der Waals surface area contributed by atoms with Crippen LogP contribution in [-0.4, -0.2) is 16.5 Å². The lowest BCUT2D eigenvalue weighted by molar-refractivity contribution is 0.275. The molecule has 100 valence electrons. The second kappa shape index (κ2) is 6.83. The molecule has 0 unspecified atom stereocenters. The van der Waals surface area contributed by atoms with Crippen molar-refractivity contribution >= 4 is 0 Å². The van der Waals surface area contributed by atoms with Crippen LogP contribution in [-0.2, 0) is 6.54 Å². The molecule has 1 aromatic rings. The number of hydrogen-bond donors (Lipinski definition) is 1. The summed E-state index contributed by atoms with van der Waals surface area (Å²) in [5, 5.41) is 3.50. The van der Waals surface area contributed by atoms with Crippen LogP contribution in [0.4, 0.5) is 0 Å². The zero-order valence-electron chi connectivity index (χ0n) is 11.7. The van der Waals surface area contributed by atoms with Gasteiger partial charge in [-0.05, 0) is 37.8 Å². The highest BCUT2D eigenvalue weighted by molar-refractivity contribution is 5.00. The van der Waals surface area contributed by atoms with Gasteiger partial charge in [0, 0.05) is 12.7 Å². The van der Waals surface area contributed by atoms with Crippen LogP contribution in [0.5, 0.6) is 0 Å². The molecule has 0 atom stereocenters. The SMILES string of the molecule is Cc1nccc(CNCCC2CCC(C)CC2)n1. The van der Waals surface area contributed by atoms with Crippen LogP contribution in [0, 0.1) is 18.8 Å². The fourth-order valence-corrected chi connectivity index (χ4v) is 2.74. The van der Waals surface area contributed by atoms with E-state index in [-0.39, 0.29) is 0 Å². The second-order valence-corrected chi connectivity index (χ2v) is 5.69. The molecule has 1 aliphatic rings. The quantitative estimate of drug-likeness (QED) is 0.812. The molecule has 0 aliphatic heterocycles. The van der Waals surface area contributed by atoms with E-state index in [1.165, 1.54) is 32.1 Å². The summed E-state index contributed by atoms with van der Waals surface area (Å²) < 4.78 is 0. The van der Waals surface area contributed by atoms with Crippen molar-refractivity contribution in [3.8, 4) is 0 Å². The number of aryl methyl sites for hydroxylation is 1. The van der Waals surface area contributed by atoms with Gasteiger partial charge in [-0.15, -0.1) is 0 Å². The first-order valence-electron chi connectivity index (χ1n) is 7.23. The van der Waals surface area contributed by atoms with Gasteiger partial charge in [0.2, 0.25) is 0 Å². The number of rotatable bonds is 5. The van der Waals surface area contributed by atoms with Gasteiger partial charge in [0.1, 0.15) is 5.82 Å². The highest BCUT2D eigenvalue weighted by Crippen LogP contribution is 2.29. The minimum Gasteiger partial charge on any atom is -0.311 e. The molecule has 1 heterocycles. The zero-order valence-corrected chi connectivity index (χ0v) is 11.7. The molecule has 0 aromatic carbocycles. The van der Waals surface area contributed by atoms with Crippen molar-refractivity contribution in [1.82, 2.24) is 15.3 Å². The molecule has 0 radical (unpaired) electrons. The number of nitrogens with zero attached hydrogens (tertiary/aromatic N) is 2. The molecular weight excluding hydrogens is 222 g/mol. The second-order valence-electron chi connectivity index (χ2n) is 5.69. The lowest BCUT2D eigenvalue weighted by Crippen LogP contribution is -2.21. The van der Waals surface area contributed by atoms with Gasteiger partial charge in [-0.2, -0.15) is 0 Å². The van der Waals surface area contributed by atoms with Crippen LogP contribution in [0.15, 0.2) is 12.3 Å². The minimum atomic E-state index is 0.857. The van der Waals surface area contributed by atoms with Crippen molar-refractivity contribution < 1.29 is 0 Å². The largest absolute Gasteiger partial charge is 0.311 e. The summed E-state index contributed by atoms with van der Waals surface area (Å²) in [6.07, 6.45) is 8.86. The van der Waals surface area contributed by atoms with Crippen molar-refractivity contribution in [3.05, 3.63) is 23.8 Å². The lowest BCUT2D eigenvalue weighted by Gasteiger charge is -2.26. The van der Waals surface area contributed by atoms with E-state index in [0.717, 1.165) is 36.4 Å². The number of hydrogen-bond acceptors (Lipinski definition) is 3. The molecule has 0 saturated heterocycles. The summed E-state index contributed by atoms with van der Waals surface area (Å²) in [6.45, 7) is 6.30. The standard InChI is InChI=1S/C15H25N3/c1-12-3-5-14(6-4-12)7-9-16-11-15-8-10-17-13(2)18-15/h8,10,12,14,16H,3-7,9,11H2,1-2H3. The average molecular weight is 247 g/mol. The Balaban J connectivity index is 1.61. The van der Waals surface area contributed by atoms with Crippen LogP contribution in [0.1, 0.15) is 50.5 Å². The van der Waals surface area contributed by atoms with Gasteiger partial charge in [-0.25, -0.2) is 9.97 Å². The van der Waals surface area contributed by atoms with E-state index in [9.17, 15) is 0 Å². The summed E-state index contributed by atoms with van der Waals surface area (Å²) in [4.78, 5) is 8.50. The van der Waals surface area contributed by atoms with Crippen molar-refractivity contribution in [2.45, 2.75) is 52.5 Å². The molecule has 1 fully saturated rings. The van der Waals surface area contributed by atoms with Gasteiger partial charge in [0.15, 0.2) is 0 Å². The molecule has 0 bridgehead atoms. The topological polar surface area (TPSA) is 37.8 Å². The highest BCUT2D eigenvalue weighted by atomic mass is 14.9. The van der Waals surface area contributed by atoms with Gasteiger partial charge >= 0.3 is 0 Å². The Morgan fingerprint density at radius 3 is 2.78 bits per heavy atom. The summed E-state index contributed by atoms with van der Waals surface area (Å²) in [5.41, 5.74) is 1.10. The molecule has 1 N–H and O–H groups in total. The molecular formula is C15H25N3. The molecule has 1 aromatic heterocycles. The first-order valence-corrected chi connectivity index (χ1v) is 7.23. The minimum absolute atomic E-state index is 0.857. The fourth-order valence-electron chi connectivity index (χ4n) is 2.74. The van der Waals surface area contributed by atoms with E-state index < -0.39 is 0 Å². The van der Waals surface area contributed by atoms with Crippen molar-refractivity contribution in [2.24, 2.45) is 11.8 Å². The molecule has 1 saturated carbocycles. The zero-order chi connectivity index (χ0) is 12.8. The maximum Gasteiger partial charge on any atom is 0.125 e. The predicted molar refractivity (Wildman–Crippen MR) is 74.2 cm³/mol. The maximum absolute atomic E-state index is 4.39. The van der Waals surface area contributed by atoms with Gasteiger partial charge in [0.25, 0.3) is 0 Å². The maximum atomic E-state index is 4.39. The Hall–Kier alpha value is -0.960. The molecule has 18 heavy (non-hydrogen) atoms. The molecule has 1 aliphatic carbocycles. The van der Waals surface area contributed by atoms with E-state index in [1.807, 2.05) is 19.2 Å². The van der Waals surface area contributed by atoms with Crippen LogP contribution in [0.3, 0.4) is 0 Å². The van der Waals surface area contributed by atoms with Crippen LogP contribution in [0.2, 0.25) is 0 Å². The van der Waals surface area contributed by atoms with E-state index in [0.29, 0.717) is 0 Å². The summed E-state index contributed by atoms with van der Waals surface area (Å²) in [7, 11) is 0. The van der Waals surface area contributed by atoms with Gasteiger partial charge in [0.05, 0.1) is 5.69 Å². The third-order valence-electron chi connectivity index (χ3n) is 4.00. The first kappa shape index (κ1) is 13.5. The monoisotopic (exact) mass is 247 g/mol. The summed E-state index contributed by atoms with van der Waals surface area (Å²) in [5.74, 6) is 2.76. The average Bonchev–Trinajstić information content (AvgIpc) is 2.37. The number of aromatic nitrogens is 2. The van der Waals surface area contributed by atoms with Gasteiger partial charge in [-0.1, -0.05) is 32.6 Å². The molecule has 2 rings (SSSR count). The molecule has 0 spiro atoms. The fraction of sp³-hybridized carbons (Fsp3) is 0.733. The highest BCUT2D eigenvalue weighted by Gasteiger charge is 2.17. The van der Waals surface area contributed by atoms with Gasteiger partial charge in [-0.3, -0.25) is 0 Å². The van der Waals surface area contributed by atoms with E-state index in [2.05, 4.69) is 22.2 Å². The lowest BCUT2D eigenvalue weighted by atomic mass is 9.81. The van der Waals surface area contributed by atoms with Crippen LogP contribution in [0.25, 0.3) is 0 Å². The predicted octanol–water partition coefficient (Wildman–Crippen LogP) is 3.09. The molecule has 0 amide bonds. The third-order valence-corrected chi connectivity index (χ3v) is 4.00. The van der Waals surface area contributed by atoms with E-state index >= 15 is 0 Å². The number of nitrogens with one attached hydrogen (secondary N) is 1. The normalized spacial score (nSPS) is 24.1. The van der Waals surface area contributed by atoms with E-state index in [1.54, 1.807) is 0 Å². The summed E-state index contributed by atoms with van der Waals surface area (Å²) >= 11 is 0. The van der Waals surface area contributed by atoms with E-state index in [4.69, 9.17) is 0 Å². The van der Waals surface area contributed by atoms with Crippen LogP contribution < -0.4 is 5.32 Å². The first-order chi connectivity index (χ1) is 8.74. The van der Waals surface area contributed by atoms with Crippen molar-refractivity contribution in [2.75, 3.05) is 6.54 Å². The van der Waals surface area contributed by atoms with Crippen molar-refractivity contribution in [1.29, 1.82) is 0 Å². The molecule has 3 heteroatoms. The van der Waals surface area contributed by atoms with Crippen molar-refractivity contribution in [3.63, 3.8) is 0 Å². The summed E-state index contributed by atoms with van der Waals surface area (Å²) in [6, 6.07) is 1.99. The Bertz CT molecular complexity index is 357. The Labute approximate surface area is 110 Å². The Morgan fingerprint density at radius 1 is 1.28 bits per heavy atom. The third kappa shape index (κ3) is 4.37. The Morgan fingerprint density at radius 2 is 2.06 bits per heavy atom. The molecule has 3 nitrogen and oxygen atoms in total. The van der Waals surface area contributed by atoms with Gasteiger partial charge < -0.3 is 5.32 Å². The van der Waals surface area contributed by atoms with Crippen LogP contribution >= 0.6 is 0 Å².